The number of carbonyl (C=O) groups excluding carboxylic acids is 1. The molecule has 1 aromatic carbocycles. The van der Waals surface area contributed by atoms with Crippen LogP contribution in [0.15, 0.2) is 18.2 Å². The van der Waals surface area contributed by atoms with Crippen molar-refractivity contribution in [3.63, 3.8) is 0 Å². The number of aryl methyl sites for hydroxylation is 2. The Labute approximate surface area is 117 Å². The first kappa shape index (κ1) is 15.9. The molecule has 1 atom stereocenters. The first-order valence-electron chi connectivity index (χ1n) is 6.94. The molecule has 0 heterocycles. The second-order valence-electron chi connectivity index (χ2n) is 6.49. The molecule has 0 bridgehead atoms. The van der Waals surface area contributed by atoms with Crippen molar-refractivity contribution in [1.29, 1.82) is 0 Å². The third kappa shape index (κ3) is 5.15. The van der Waals surface area contributed by atoms with E-state index < -0.39 is 0 Å². The summed E-state index contributed by atoms with van der Waals surface area (Å²) in [4.78, 5) is 12.2. The van der Waals surface area contributed by atoms with Gasteiger partial charge in [-0.25, -0.2) is 0 Å². The number of ketones is 1. The molecule has 1 aromatic rings. The average Bonchev–Trinajstić information content (AvgIpc) is 2.30. The van der Waals surface area contributed by atoms with Gasteiger partial charge in [-0.05, 0) is 49.8 Å². The number of hydrogen-bond acceptors (Lipinski definition) is 2. The molecule has 0 saturated heterocycles. The molecule has 1 unspecified atom stereocenters. The first-order valence-corrected chi connectivity index (χ1v) is 6.94. The molecule has 0 aliphatic rings. The Morgan fingerprint density at radius 2 is 1.84 bits per heavy atom. The van der Waals surface area contributed by atoms with Gasteiger partial charge in [0.1, 0.15) is 6.10 Å². The minimum Gasteiger partial charge on any atom is -0.370 e. The molecule has 2 nitrogen and oxygen atoms in total. The summed E-state index contributed by atoms with van der Waals surface area (Å²) in [6.45, 7) is 13.1. The number of hydrogen-bond donors (Lipinski definition) is 0. The third-order valence-electron chi connectivity index (χ3n) is 3.38. The highest BCUT2D eigenvalue weighted by molar-refractivity contribution is 5.99. The van der Waals surface area contributed by atoms with Crippen LogP contribution in [0.1, 0.15) is 55.6 Å². The van der Waals surface area contributed by atoms with Crippen LogP contribution in [0, 0.1) is 19.3 Å². The van der Waals surface area contributed by atoms with Crippen molar-refractivity contribution in [2.45, 2.75) is 54.1 Å². The van der Waals surface area contributed by atoms with Gasteiger partial charge >= 0.3 is 0 Å². The maximum Gasteiger partial charge on any atom is 0.191 e. The fraction of sp³-hybridized carbons (Fsp3) is 0.588. The predicted octanol–water partition coefficient (Wildman–Crippen LogP) is 4.33. The number of ether oxygens (including phenoxy) is 1. The van der Waals surface area contributed by atoms with Crippen LogP contribution in [0.4, 0.5) is 0 Å². The molecule has 0 aliphatic carbocycles. The lowest BCUT2D eigenvalue weighted by atomic mass is 9.93. The topological polar surface area (TPSA) is 26.3 Å². The van der Waals surface area contributed by atoms with E-state index in [9.17, 15) is 4.79 Å². The minimum absolute atomic E-state index is 0.0667. The Bertz CT molecular complexity index is 441. The van der Waals surface area contributed by atoms with Gasteiger partial charge in [-0.2, -0.15) is 0 Å². The quantitative estimate of drug-likeness (QED) is 0.738. The molecule has 0 spiro atoms. The second kappa shape index (κ2) is 6.33. The predicted molar refractivity (Wildman–Crippen MR) is 79.7 cm³/mol. The van der Waals surface area contributed by atoms with Gasteiger partial charge in [0, 0.05) is 12.2 Å². The van der Waals surface area contributed by atoms with Crippen LogP contribution in [-0.2, 0) is 4.74 Å². The maximum absolute atomic E-state index is 12.2. The van der Waals surface area contributed by atoms with E-state index in [4.69, 9.17) is 4.74 Å². The largest absolute Gasteiger partial charge is 0.370 e. The van der Waals surface area contributed by atoms with E-state index in [-0.39, 0.29) is 17.3 Å². The lowest BCUT2D eigenvalue weighted by molar-refractivity contribution is 0.0394. The summed E-state index contributed by atoms with van der Waals surface area (Å²) in [7, 11) is 0. The van der Waals surface area contributed by atoms with Gasteiger partial charge in [-0.3, -0.25) is 4.79 Å². The van der Waals surface area contributed by atoms with Crippen LogP contribution < -0.4 is 0 Å². The molecular formula is C17H26O2. The number of benzene rings is 1. The van der Waals surface area contributed by atoms with Gasteiger partial charge in [0.25, 0.3) is 0 Å². The van der Waals surface area contributed by atoms with Crippen molar-refractivity contribution >= 4 is 5.78 Å². The normalized spacial score (nSPS) is 13.4. The Balaban J connectivity index is 2.59. The number of carbonyl (C=O) groups is 1. The SMILES string of the molecule is Cc1ccc(C(=O)C(C)OCCC(C)(C)C)cc1C. The summed E-state index contributed by atoms with van der Waals surface area (Å²) in [5.74, 6) is 0.0667. The molecule has 19 heavy (non-hydrogen) atoms. The summed E-state index contributed by atoms with van der Waals surface area (Å²) in [6, 6.07) is 5.82. The van der Waals surface area contributed by atoms with E-state index in [1.54, 1.807) is 0 Å². The second-order valence-corrected chi connectivity index (χ2v) is 6.49. The lowest BCUT2D eigenvalue weighted by Gasteiger charge is -2.19. The van der Waals surface area contributed by atoms with Crippen LogP contribution in [0.3, 0.4) is 0 Å². The fourth-order valence-corrected chi connectivity index (χ4v) is 1.75. The van der Waals surface area contributed by atoms with E-state index >= 15 is 0 Å². The Morgan fingerprint density at radius 1 is 1.21 bits per heavy atom. The van der Waals surface area contributed by atoms with Gasteiger partial charge in [0.2, 0.25) is 0 Å². The highest BCUT2D eigenvalue weighted by atomic mass is 16.5. The molecule has 1 rings (SSSR count). The zero-order valence-electron chi connectivity index (χ0n) is 13.0. The molecule has 0 amide bonds. The molecule has 0 saturated carbocycles. The van der Waals surface area contributed by atoms with Crippen LogP contribution in [0.2, 0.25) is 0 Å². The van der Waals surface area contributed by atoms with Crippen LogP contribution >= 0.6 is 0 Å². The average molecular weight is 262 g/mol. The van der Waals surface area contributed by atoms with Crippen LogP contribution in [-0.4, -0.2) is 18.5 Å². The highest BCUT2D eigenvalue weighted by Crippen LogP contribution is 2.19. The van der Waals surface area contributed by atoms with Crippen molar-refractivity contribution in [3.8, 4) is 0 Å². The van der Waals surface area contributed by atoms with Crippen molar-refractivity contribution in [2.24, 2.45) is 5.41 Å². The van der Waals surface area contributed by atoms with Gasteiger partial charge in [0.05, 0.1) is 0 Å². The van der Waals surface area contributed by atoms with E-state index in [0.29, 0.717) is 6.61 Å². The molecule has 0 aromatic heterocycles. The third-order valence-corrected chi connectivity index (χ3v) is 3.38. The van der Waals surface area contributed by atoms with Crippen molar-refractivity contribution in [2.75, 3.05) is 6.61 Å². The van der Waals surface area contributed by atoms with E-state index in [1.807, 2.05) is 39.0 Å². The minimum atomic E-state index is -0.371. The highest BCUT2D eigenvalue weighted by Gasteiger charge is 2.17. The molecule has 0 N–H and O–H groups in total. The Hall–Kier alpha value is -1.15. The number of Topliss-reactive ketones (excluding diaryl/α,β-unsaturated/α-hetero) is 1. The summed E-state index contributed by atoms with van der Waals surface area (Å²) in [6.07, 6.45) is 0.585. The standard InChI is InChI=1S/C17H26O2/c1-12-7-8-15(11-13(12)2)16(18)14(3)19-10-9-17(4,5)6/h7-8,11,14H,9-10H2,1-6H3. The maximum atomic E-state index is 12.2. The number of rotatable bonds is 5. The summed E-state index contributed by atoms with van der Waals surface area (Å²) >= 11 is 0. The molecular weight excluding hydrogens is 236 g/mol. The Kier molecular flexibility index (Phi) is 5.30. The van der Waals surface area contributed by atoms with Crippen LogP contribution in [0.5, 0.6) is 0 Å². The molecule has 0 radical (unpaired) electrons. The van der Waals surface area contributed by atoms with Gasteiger partial charge in [-0.1, -0.05) is 32.9 Å². The zero-order chi connectivity index (χ0) is 14.6. The lowest BCUT2D eigenvalue weighted by Crippen LogP contribution is -2.23. The van der Waals surface area contributed by atoms with E-state index in [1.165, 1.54) is 5.56 Å². The summed E-state index contributed by atoms with van der Waals surface area (Å²) < 4.78 is 5.65. The van der Waals surface area contributed by atoms with E-state index in [0.717, 1.165) is 17.5 Å². The van der Waals surface area contributed by atoms with Crippen molar-refractivity contribution in [3.05, 3.63) is 34.9 Å². The smallest absolute Gasteiger partial charge is 0.191 e. The monoisotopic (exact) mass is 262 g/mol. The van der Waals surface area contributed by atoms with Crippen LogP contribution in [0.25, 0.3) is 0 Å². The first-order chi connectivity index (χ1) is 8.70. The molecule has 0 aliphatic heterocycles. The van der Waals surface area contributed by atoms with Gasteiger partial charge in [-0.15, -0.1) is 0 Å². The van der Waals surface area contributed by atoms with Crippen molar-refractivity contribution in [1.82, 2.24) is 0 Å². The van der Waals surface area contributed by atoms with E-state index in [2.05, 4.69) is 20.8 Å². The van der Waals surface area contributed by atoms with Gasteiger partial charge < -0.3 is 4.74 Å². The molecule has 106 valence electrons. The fourth-order valence-electron chi connectivity index (χ4n) is 1.75. The summed E-state index contributed by atoms with van der Waals surface area (Å²) in [5.41, 5.74) is 3.33. The molecule has 2 heteroatoms. The van der Waals surface area contributed by atoms with Gasteiger partial charge in [0.15, 0.2) is 5.78 Å². The summed E-state index contributed by atoms with van der Waals surface area (Å²) in [5, 5.41) is 0. The Morgan fingerprint density at radius 3 is 2.37 bits per heavy atom. The van der Waals surface area contributed by atoms with Crippen molar-refractivity contribution < 1.29 is 9.53 Å². The zero-order valence-corrected chi connectivity index (χ0v) is 13.0. The molecule has 0 fully saturated rings.